The van der Waals surface area contributed by atoms with Gasteiger partial charge in [-0.05, 0) is 0 Å². The van der Waals surface area contributed by atoms with Crippen molar-refractivity contribution in [1.82, 2.24) is 4.90 Å². The summed E-state index contributed by atoms with van der Waals surface area (Å²) in [6.45, 7) is 0. The maximum Gasteiger partial charge on any atom is 0.359 e. The second-order valence-electron chi connectivity index (χ2n) is 2.30. The van der Waals surface area contributed by atoms with Gasteiger partial charge in [0.15, 0.2) is 5.96 Å². The molecular formula is C4H10N3O5P. The van der Waals surface area contributed by atoms with Gasteiger partial charge in [-0.25, -0.2) is 4.79 Å². The molecular weight excluding hydrogens is 201 g/mol. The number of rotatable bonds is 3. The Bertz CT molecular complexity index is 273. The fourth-order valence-electron chi connectivity index (χ4n) is 0.667. The summed E-state index contributed by atoms with van der Waals surface area (Å²) in [5.74, 6) is -4.56. The van der Waals surface area contributed by atoms with E-state index in [0.717, 1.165) is 7.05 Å². The Balaban J connectivity index is 4.95. The third kappa shape index (κ3) is 3.02. The molecule has 0 radical (unpaired) electrons. The molecule has 1 atom stereocenters. The predicted molar refractivity (Wildman–Crippen MR) is 43.1 cm³/mol. The average Bonchev–Trinajstić information content (AvgIpc) is 1.82. The molecule has 8 nitrogen and oxygen atoms in total. The summed E-state index contributed by atoms with van der Waals surface area (Å²) in [5.41, 5.74) is 4.87. The Morgan fingerprint density at radius 2 is 2.00 bits per heavy atom. The van der Waals surface area contributed by atoms with Crippen LogP contribution >= 0.6 is 7.60 Å². The van der Waals surface area contributed by atoms with Crippen molar-refractivity contribution in [3.05, 3.63) is 0 Å². The van der Waals surface area contributed by atoms with Gasteiger partial charge in [0.1, 0.15) is 0 Å². The molecule has 0 aromatic heterocycles. The van der Waals surface area contributed by atoms with Crippen LogP contribution in [0.1, 0.15) is 0 Å². The lowest BCUT2D eigenvalue weighted by Crippen LogP contribution is -2.45. The number of carboxylic acids is 1. The Labute approximate surface area is 73.6 Å². The summed E-state index contributed by atoms with van der Waals surface area (Å²) in [6.07, 6.45) is 0. The van der Waals surface area contributed by atoms with E-state index in [-0.39, 0.29) is 0 Å². The van der Waals surface area contributed by atoms with Crippen LogP contribution in [0.15, 0.2) is 0 Å². The summed E-state index contributed by atoms with van der Waals surface area (Å²) in [5, 5.41) is 15.2. The predicted octanol–water partition coefficient (Wildman–Crippen LogP) is -1.60. The lowest BCUT2D eigenvalue weighted by atomic mass is 10.6. The first kappa shape index (κ1) is 11.9. The van der Waals surface area contributed by atoms with E-state index < -0.39 is 25.3 Å². The minimum Gasteiger partial charge on any atom is -0.479 e. The number of guanidine groups is 1. The highest BCUT2D eigenvalue weighted by molar-refractivity contribution is 7.53. The molecule has 0 saturated heterocycles. The summed E-state index contributed by atoms with van der Waals surface area (Å²) < 4.78 is 10.6. The van der Waals surface area contributed by atoms with Crippen LogP contribution in [0.5, 0.6) is 0 Å². The third-order valence-corrected chi connectivity index (χ3v) is 2.49. The van der Waals surface area contributed by atoms with Crippen LogP contribution in [-0.2, 0) is 9.36 Å². The van der Waals surface area contributed by atoms with Crippen LogP contribution in [0.25, 0.3) is 0 Å². The molecule has 0 aliphatic rings. The minimum atomic E-state index is -4.84. The minimum absolute atomic E-state index is 0.489. The molecule has 0 aliphatic carbocycles. The maximum atomic E-state index is 10.6. The quantitative estimate of drug-likeness (QED) is 0.214. The van der Waals surface area contributed by atoms with Crippen LogP contribution in [0.3, 0.4) is 0 Å². The molecule has 0 amide bonds. The molecule has 0 heterocycles. The van der Waals surface area contributed by atoms with Crippen molar-refractivity contribution in [3.63, 3.8) is 0 Å². The van der Waals surface area contributed by atoms with Crippen molar-refractivity contribution >= 4 is 19.5 Å². The molecule has 6 N–H and O–H groups in total. The van der Waals surface area contributed by atoms with Gasteiger partial charge in [-0.1, -0.05) is 0 Å². The summed E-state index contributed by atoms with van der Waals surface area (Å²) >= 11 is 0. The summed E-state index contributed by atoms with van der Waals surface area (Å²) in [7, 11) is -3.82. The average molecular weight is 211 g/mol. The van der Waals surface area contributed by atoms with Crippen molar-refractivity contribution in [1.29, 1.82) is 5.41 Å². The summed E-state index contributed by atoms with van der Waals surface area (Å²) in [6, 6.07) is 0. The van der Waals surface area contributed by atoms with Gasteiger partial charge in [0, 0.05) is 7.05 Å². The second-order valence-corrected chi connectivity index (χ2v) is 3.96. The Hall–Kier alpha value is -1.11. The highest BCUT2D eigenvalue weighted by atomic mass is 31.2. The molecule has 13 heavy (non-hydrogen) atoms. The highest BCUT2D eigenvalue weighted by Gasteiger charge is 2.40. The molecule has 0 aliphatic heterocycles. The zero-order valence-corrected chi connectivity index (χ0v) is 7.60. The number of hydrogen-bond acceptors (Lipinski definition) is 3. The molecule has 0 spiro atoms. The van der Waals surface area contributed by atoms with Gasteiger partial charge in [0.2, 0.25) is 5.78 Å². The van der Waals surface area contributed by atoms with Crippen molar-refractivity contribution in [2.24, 2.45) is 5.73 Å². The molecule has 0 aromatic carbocycles. The monoisotopic (exact) mass is 211 g/mol. The molecule has 9 heteroatoms. The first-order valence-electron chi connectivity index (χ1n) is 3.02. The van der Waals surface area contributed by atoms with E-state index in [9.17, 15) is 9.36 Å². The maximum absolute atomic E-state index is 10.6. The van der Waals surface area contributed by atoms with Crippen LogP contribution < -0.4 is 5.73 Å². The van der Waals surface area contributed by atoms with Crippen molar-refractivity contribution in [2.75, 3.05) is 7.05 Å². The fraction of sp³-hybridized carbons (Fsp3) is 0.500. The standard InChI is InChI=1S/C4H10N3O5P/c1-7(4(5)6)2(3(8)9)13(10,11)12/h2H,1H3,(H3,5,6)(H,8,9)(H2,10,11,12). The first-order chi connectivity index (χ1) is 5.68. The smallest absolute Gasteiger partial charge is 0.359 e. The Kier molecular flexibility index (Phi) is 3.42. The number of carboxylic acid groups (broad SMARTS) is 1. The highest BCUT2D eigenvalue weighted by Crippen LogP contribution is 2.42. The van der Waals surface area contributed by atoms with Crippen molar-refractivity contribution in [3.8, 4) is 0 Å². The van der Waals surface area contributed by atoms with E-state index in [4.69, 9.17) is 26.0 Å². The molecule has 0 bridgehead atoms. The lowest BCUT2D eigenvalue weighted by Gasteiger charge is -2.24. The summed E-state index contributed by atoms with van der Waals surface area (Å²) in [4.78, 5) is 28.1. The Morgan fingerprint density at radius 1 is 1.62 bits per heavy atom. The SMILES string of the molecule is CN(C(=N)N)C(C(=O)O)P(=O)(O)O. The number of carbonyl (C=O) groups is 1. The van der Waals surface area contributed by atoms with E-state index >= 15 is 0 Å². The van der Waals surface area contributed by atoms with Gasteiger partial charge < -0.3 is 25.5 Å². The van der Waals surface area contributed by atoms with Crippen molar-refractivity contribution < 1.29 is 24.3 Å². The topological polar surface area (TPSA) is 148 Å². The van der Waals surface area contributed by atoms with E-state index in [2.05, 4.69) is 0 Å². The number of aliphatic carboxylic acids is 1. The number of hydrogen-bond donors (Lipinski definition) is 5. The van der Waals surface area contributed by atoms with Crippen molar-refractivity contribution in [2.45, 2.75) is 5.78 Å². The first-order valence-corrected chi connectivity index (χ1v) is 4.71. The fourth-order valence-corrected chi connectivity index (χ4v) is 1.53. The largest absolute Gasteiger partial charge is 0.479 e. The number of nitrogens with zero attached hydrogens (tertiary/aromatic N) is 1. The second kappa shape index (κ2) is 3.73. The zero-order chi connectivity index (χ0) is 10.8. The van der Waals surface area contributed by atoms with Crippen LogP contribution in [0.4, 0.5) is 0 Å². The normalized spacial score (nSPS) is 13.5. The van der Waals surface area contributed by atoms with Crippen LogP contribution in [0.2, 0.25) is 0 Å². The van der Waals surface area contributed by atoms with Crippen LogP contribution in [0, 0.1) is 5.41 Å². The van der Waals surface area contributed by atoms with Gasteiger partial charge in [0.25, 0.3) is 0 Å². The van der Waals surface area contributed by atoms with E-state index in [1.165, 1.54) is 0 Å². The van der Waals surface area contributed by atoms with Gasteiger partial charge in [0.05, 0.1) is 0 Å². The third-order valence-electron chi connectivity index (χ3n) is 1.29. The molecule has 76 valence electrons. The van der Waals surface area contributed by atoms with Gasteiger partial charge >= 0.3 is 13.6 Å². The number of likely N-dealkylation sites (N-methyl/N-ethyl adjacent to an activating group) is 1. The zero-order valence-electron chi connectivity index (χ0n) is 6.71. The van der Waals surface area contributed by atoms with E-state index in [1.807, 2.05) is 0 Å². The van der Waals surface area contributed by atoms with Gasteiger partial charge in [-0.2, -0.15) is 0 Å². The van der Waals surface area contributed by atoms with Crippen LogP contribution in [-0.4, -0.2) is 44.6 Å². The number of nitrogens with one attached hydrogen (secondary N) is 1. The van der Waals surface area contributed by atoms with Gasteiger partial charge in [-0.3, -0.25) is 9.97 Å². The molecule has 0 fully saturated rings. The lowest BCUT2D eigenvalue weighted by molar-refractivity contribution is -0.139. The number of nitrogens with two attached hydrogens (primary N) is 1. The molecule has 0 saturated carbocycles. The van der Waals surface area contributed by atoms with Gasteiger partial charge in [-0.15, -0.1) is 0 Å². The molecule has 0 rings (SSSR count). The Morgan fingerprint density at radius 3 is 2.08 bits per heavy atom. The van der Waals surface area contributed by atoms with E-state index in [1.54, 1.807) is 0 Å². The molecule has 0 aromatic rings. The van der Waals surface area contributed by atoms with E-state index in [0.29, 0.717) is 4.90 Å². The molecule has 1 unspecified atom stereocenters.